The van der Waals surface area contributed by atoms with Gasteiger partial charge in [-0.2, -0.15) is 4.31 Å². The molecule has 2 aromatic carbocycles. The highest BCUT2D eigenvalue weighted by Crippen LogP contribution is 2.25. The summed E-state index contributed by atoms with van der Waals surface area (Å²) in [5, 5.41) is 2.92. The average molecular weight is 423 g/mol. The topological polar surface area (TPSA) is 75.7 Å². The molecule has 1 amide bonds. The molecule has 3 rings (SSSR count). The molecule has 1 fully saturated rings. The Morgan fingerprint density at radius 2 is 1.79 bits per heavy atom. The number of rotatable bonds is 7. The third kappa shape index (κ3) is 5.04. The van der Waals surface area contributed by atoms with Gasteiger partial charge in [0.1, 0.15) is 12.4 Å². The largest absolute Gasteiger partial charge is 0.492 e. The lowest BCUT2D eigenvalue weighted by Crippen LogP contribution is -2.35. The number of amides is 1. The second-order valence-corrected chi connectivity index (χ2v) is 8.87. The highest BCUT2D eigenvalue weighted by molar-refractivity contribution is 7.89. The molecule has 2 aromatic rings. The van der Waals surface area contributed by atoms with Crippen LogP contribution >= 0.6 is 11.6 Å². The number of hydrogen-bond acceptors (Lipinski definition) is 4. The molecule has 0 aromatic heterocycles. The number of ether oxygens (including phenoxy) is 1. The van der Waals surface area contributed by atoms with Crippen LogP contribution in [0.5, 0.6) is 5.75 Å². The van der Waals surface area contributed by atoms with Crippen molar-refractivity contribution in [1.29, 1.82) is 0 Å². The highest BCUT2D eigenvalue weighted by Gasteiger charge is 2.27. The van der Waals surface area contributed by atoms with Crippen LogP contribution in [0.15, 0.2) is 53.4 Å². The second kappa shape index (κ2) is 9.41. The maximum atomic E-state index is 12.8. The summed E-state index contributed by atoms with van der Waals surface area (Å²) >= 11 is 6.14. The summed E-state index contributed by atoms with van der Waals surface area (Å²) in [5.74, 6) is 0.279. The van der Waals surface area contributed by atoms with Gasteiger partial charge in [-0.05, 0) is 43.2 Å². The summed E-state index contributed by atoms with van der Waals surface area (Å²) in [7, 11) is -3.63. The Morgan fingerprint density at radius 1 is 1.07 bits per heavy atom. The number of nitrogens with zero attached hydrogens (tertiary/aromatic N) is 1. The first kappa shape index (κ1) is 20.6. The SMILES string of the molecule is O=C(NCCOc1ccccc1)c1cc(S(=O)(=O)N2CCCCC2)ccc1Cl. The van der Waals surface area contributed by atoms with Crippen molar-refractivity contribution in [2.75, 3.05) is 26.2 Å². The molecule has 6 nitrogen and oxygen atoms in total. The molecular formula is C20H23ClN2O4S. The molecule has 1 aliphatic heterocycles. The van der Waals surface area contributed by atoms with Crippen LogP contribution in [0, 0.1) is 0 Å². The van der Waals surface area contributed by atoms with Crippen molar-refractivity contribution >= 4 is 27.5 Å². The summed E-state index contributed by atoms with van der Waals surface area (Å²) in [6.45, 7) is 1.57. The molecule has 0 aliphatic carbocycles. The quantitative estimate of drug-likeness (QED) is 0.694. The number of hydrogen-bond donors (Lipinski definition) is 1. The number of para-hydroxylation sites is 1. The number of piperidine rings is 1. The van der Waals surface area contributed by atoms with E-state index in [0.717, 1.165) is 19.3 Å². The minimum atomic E-state index is -3.63. The number of carbonyl (C=O) groups is 1. The molecule has 28 heavy (non-hydrogen) atoms. The summed E-state index contributed by atoms with van der Waals surface area (Å²) in [4.78, 5) is 12.6. The van der Waals surface area contributed by atoms with Crippen molar-refractivity contribution in [3.8, 4) is 5.75 Å². The van der Waals surface area contributed by atoms with E-state index in [2.05, 4.69) is 5.32 Å². The molecule has 1 aliphatic rings. The lowest BCUT2D eigenvalue weighted by atomic mass is 10.2. The van der Waals surface area contributed by atoms with E-state index >= 15 is 0 Å². The highest BCUT2D eigenvalue weighted by atomic mass is 35.5. The van der Waals surface area contributed by atoms with Gasteiger partial charge in [-0.25, -0.2) is 8.42 Å². The summed E-state index contributed by atoms with van der Waals surface area (Å²) in [5.41, 5.74) is 0.138. The lowest BCUT2D eigenvalue weighted by Gasteiger charge is -2.26. The fourth-order valence-corrected chi connectivity index (χ4v) is 4.79. The van der Waals surface area contributed by atoms with E-state index in [0.29, 0.717) is 25.4 Å². The van der Waals surface area contributed by atoms with Gasteiger partial charge in [0.15, 0.2) is 0 Å². The molecule has 0 atom stereocenters. The van der Waals surface area contributed by atoms with Crippen LogP contribution < -0.4 is 10.1 Å². The summed E-state index contributed by atoms with van der Waals surface area (Å²) in [6.07, 6.45) is 2.73. The predicted octanol–water partition coefficient (Wildman–Crippen LogP) is 3.32. The molecule has 0 unspecified atom stereocenters. The van der Waals surface area contributed by atoms with Gasteiger partial charge < -0.3 is 10.1 Å². The fourth-order valence-electron chi connectivity index (χ4n) is 3.04. The first-order valence-corrected chi connectivity index (χ1v) is 11.1. The smallest absolute Gasteiger partial charge is 0.252 e. The van der Waals surface area contributed by atoms with Crippen LogP contribution in [0.3, 0.4) is 0 Å². The van der Waals surface area contributed by atoms with Crippen LogP contribution in [-0.2, 0) is 10.0 Å². The number of halogens is 1. The Morgan fingerprint density at radius 3 is 2.50 bits per heavy atom. The zero-order valence-corrected chi connectivity index (χ0v) is 17.0. The third-order valence-electron chi connectivity index (χ3n) is 4.53. The third-order valence-corrected chi connectivity index (χ3v) is 6.76. The normalized spacial score (nSPS) is 15.2. The van der Waals surface area contributed by atoms with Crippen molar-refractivity contribution in [3.63, 3.8) is 0 Å². The monoisotopic (exact) mass is 422 g/mol. The van der Waals surface area contributed by atoms with E-state index in [1.165, 1.54) is 22.5 Å². The zero-order chi connectivity index (χ0) is 20.0. The van der Waals surface area contributed by atoms with Crippen LogP contribution in [0.1, 0.15) is 29.6 Å². The Balaban J connectivity index is 1.64. The van der Waals surface area contributed by atoms with E-state index < -0.39 is 15.9 Å². The molecule has 1 saturated heterocycles. The molecule has 0 saturated carbocycles. The standard InChI is InChI=1S/C20H23ClN2O4S/c21-19-10-9-17(28(25,26)23-12-5-2-6-13-23)15-18(19)20(24)22-11-14-27-16-7-3-1-4-8-16/h1,3-4,7-10,15H,2,5-6,11-14H2,(H,22,24). The first-order chi connectivity index (χ1) is 13.5. The number of carbonyl (C=O) groups excluding carboxylic acids is 1. The van der Waals surface area contributed by atoms with Crippen LogP contribution in [-0.4, -0.2) is 44.9 Å². The Hall–Kier alpha value is -2.09. The second-order valence-electron chi connectivity index (χ2n) is 6.52. The Bertz CT molecular complexity index is 913. The zero-order valence-electron chi connectivity index (χ0n) is 15.4. The minimum Gasteiger partial charge on any atom is -0.492 e. The van der Waals surface area contributed by atoms with Crippen molar-refractivity contribution < 1.29 is 17.9 Å². The summed E-state index contributed by atoms with van der Waals surface area (Å²) in [6, 6.07) is 13.5. The van der Waals surface area contributed by atoms with Gasteiger partial charge >= 0.3 is 0 Å². The van der Waals surface area contributed by atoms with E-state index in [-0.39, 0.29) is 22.0 Å². The Kier molecular flexibility index (Phi) is 6.93. The molecule has 8 heteroatoms. The lowest BCUT2D eigenvalue weighted by molar-refractivity contribution is 0.0947. The van der Waals surface area contributed by atoms with Gasteiger partial charge in [-0.1, -0.05) is 36.2 Å². The van der Waals surface area contributed by atoms with E-state index in [4.69, 9.17) is 16.3 Å². The van der Waals surface area contributed by atoms with Crippen molar-refractivity contribution in [2.24, 2.45) is 0 Å². The molecule has 0 radical (unpaired) electrons. The van der Waals surface area contributed by atoms with Crippen molar-refractivity contribution in [2.45, 2.75) is 24.2 Å². The minimum absolute atomic E-state index is 0.0875. The van der Waals surface area contributed by atoms with E-state index in [1.54, 1.807) is 0 Å². The summed E-state index contributed by atoms with van der Waals surface area (Å²) < 4.78 is 32.6. The molecule has 1 N–H and O–H groups in total. The van der Waals surface area contributed by atoms with Gasteiger partial charge in [-0.15, -0.1) is 0 Å². The molecular weight excluding hydrogens is 400 g/mol. The number of sulfonamides is 1. The Labute approximate surface area is 170 Å². The van der Waals surface area contributed by atoms with Gasteiger partial charge in [0.2, 0.25) is 10.0 Å². The average Bonchev–Trinajstić information content (AvgIpc) is 2.72. The van der Waals surface area contributed by atoms with E-state index in [1.807, 2.05) is 30.3 Å². The van der Waals surface area contributed by atoms with Crippen LogP contribution in [0.2, 0.25) is 5.02 Å². The maximum Gasteiger partial charge on any atom is 0.252 e. The molecule has 0 spiro atoms. The fraction of sp³-hybridized carbons (Fsp3) is 0.350. The predicted molar refractivity (Wildman–Crippen MR) is 108 cm³/mol. The molecule has 1 heterocycles. The van der Waals surface area contributed by atoms with Crippen LogP contribution in [0.4, 0.5) is 0 Å². The number of benzene rings is 2. The van der Waals surface area contributed by atoms with Gasteiger partial charge in [0.05, 0.1) is 22.0 Å². The van der Waals surface area contributed by atoms with Crippen molar-refractivity contribution in [3.05, 3.63) is 59.1 Å². The van der Waals surface area contributed by atoms with Crippen LogP contribution in [0.25, 0.3) is 0 Å². The van der Waals surface area contributed by atoms with Gasteiger partial charge in [0, 0.05) is 13.1 Å². The van der Waals surface area contributed by atoms with Crippen molar-refractivity contribution in [1.82, 2.24) is 9.62 Å². The maximum absolute atomic E-state index is 12.8. The van der Waals surface area contributed by atoms with Gasteiger partial charge in [0.25, 0.3) is 5.91 Å². The molecule has 150 valence electrons. The van der Waals surface area contributed by atoms with E-state index in [9.17, 15) is 13.2 Å². The first-order valence-electron chi connectivity index (χ1n) is 9.24. The molecule has 0 bridgehead atoms. The van der Waals surface area contributed by atoms with Gasteiger partial charge in [-0.3, -0.25) is 4.79 Å². The number of nitrogens with one attached hydrogen (secondary N) is 1.